The second-order valence-electron chi connectivity index (χ2n) is 11.1. The quantitative estimate of drug-likeness (QED) is 0.0573. The van der Waals surface area contributed by atoms with Crippen LogP contribution in [-0.4, -0.2) is 109 Å². The van der Waals surface area contributed by atoms with E-state index in [4.69, 9.17) is 36.3 Å². The number of aryl methyl sites for hydroxylation is 1. The lowest BCUT2D eigenvalue weighted by Crippen LogP contribution is -2.35. The van der Waals surface area contributed by atoms with Gasteiger partial charge in [0.25, 0.3) is 10.0 Å². The lowest BCUT2D eigenvalue weighted by Gasteiger charge is -2.15. The smallest absolute Gasteiger partial charge is 0.347 e. The van der Waals surface area contributed by atoms with E-state index in [-0.39, 0.29) is 39.1 Å². The largest absolute Gasteiger partial charge is 0.480 e. The molecule has 0 spiro atoms. The summed E-state index contributed by atoms with van der Waals surface area (Å²) in [5.74, 6) is -3.47. The van der Waals surface area contributed by atoms with Gasteiger partial charge < -0.3 is 29.5 Å². The Morgan fingerprint density at radius 2 is 1.78 bits per heavy atom. The van der Waals surface area contributed by atoms with Crippen LogP contribution in [0.3, 0.4) is 0 Å². The van der Waals surface area contributed by atoms with Gasteiger partial charge in [0.15, 0.2) is 0 Å². The zero-order valence-electron chi connectivity index (χ0n) is 30.6. The monoisotopic (exact) mass is 945 g/mol. The fraction of sp³-hybridized carbons (Fsp3) is 0.345. The summed E-state index contributed by atoms with van der Waals surface area (Å²) in [5.41, 5.74) is 0.0829. The SMILES string of the molecule is COC(=O)CSc1cc(/N=c2\sc(=O)n3n2CCCC3)c(F)cc1Cl.COc1nc(C)nc(NC(=O)NS(=O)(=O)c2ccsc2C(=O)O)n1.O=C(O)CNCP(=O)(O)O. The molecular weight excluding hydrogens is 912 g/mol. The number of carboxylic acid groups (broad SMARTS) is 2. The van der Waals surface area contributed by atoms with Crippen molar-refractivity contribution >= 4 is 99.2 Å². The van der Waals surface area contributed by atoms with Crippen molar-refractivity contribution in [2.24, 2.45) is 4.99 Å². The summed E-state index contributed by atoms with van der Waals surface area (Å²) in [6.07, 6.45) is 1.30. The van der Waals surface area contributed by atoms with E-state index in [1.807, 2.05) is 0 Å². The number of aromatic nitrogens is 5. The van der Waals surface area contributed by atoms with Gasteiger partial charge in [-0.05, 0) is 54.7 Å². The molecule has 1 aliphatic heterocycles. The Morgan fingerprint density at radius 1 is 1.10 bits per heavy atom. The minimum Gasteiger partial charge on any atom is -0.480 e. The van der Waals surface area contributed by atoms with E-state index in [1.165, 1.54) is 32.6 Å². The third-order valence-electron chi connectivity index (χ3n) is 6.75. The van der Waals surface area contributed by atoms with Crippen LogP contribution in [0.1, 0.15) is 28.3 Å². The summed E-state index contributed by atoms with van der Waals surface area (Å²) in [5, 5.41) is 22.6. The number of nitrogens with zero attached hydrogens (tertiary/aromatic N) is 6. The average Bonchev–Trinajstić information content (AvgIpc) is 3.77. The number of esters is 1. The molecule has 0 saturated heterocycles. The number of aliphatic carboxylic acids is 1. The van der Waals surface area contributed by atoms with Crippen LogP contribution in [0.25, 0.3) is 0 Å². The lowest BCUT2D eigenvalue weighted by molar-refractivity contribution is -0.137. The molecule has 0 unspecified atom stereocenters. The van der Waals surface area contributed by atoms with E-state index in [0.717, 1.165) is 59.4 Å². The number of halogens is 2. The van der Waals surface area contributed by atoms with Gasteiger partial charge in [0.05, 0.1) is 37.8 Å². The summed E-state index contributed by atoms with van der Waals surface area (Å²) in [4.78, 5) is 87.9. The molecule has 0 bridgehead atoms. The van der Waals surface area contributed by atoms with Gasteiger partial charge in [0, 0.05) is 18.0 Å². The number of thiophene rings is 1. The first-order valence-electron chi connectivity index (χ1n) is 16.1. The molecule has 0 fully saturated rings. The van der Waals surface area contributed by atoms with Crippen molar-refractivity contribution in [3.8, 4) is 6.01 Å². The molecule has 7 N–H and O–H groups in total. The van der Waals surface area contributed by atoms with Crippen LogP contribution < -0.4 is 29.8 Å². The number of fused-ring (bicyclic) bond motifs is 1. The molecule has 1 aliphatic rings. The minimum atomic E-state index is -4.37. The van der Waals surface area contributed by atoms with Crippen LogP contribution in [0.15, 0.2) is 43.2 Å². The number of ether oxygens (including phenoxy) is 2. The number of sulfonamides is 1. The first-order chi connectivity index (χ1) is 27.6. The molecule has 23 nitrogen and oxygen atoms in total. The highest BCUT2D eigenvalue weighted by molar-refractivity contribution is 8.00. The molecular formula is C29H34ClFN9O14PS4. The van der Waals surface area contributed by atoms with Crippen molar-refractivity contribution in [1.82, 2.24) is 34.4 Å². The van der Waals surface area contributed by atoms with E-state index in [0.29, 0.717) is 22.8 Å². The molecule has 4 heterocycles. The molecule has 0 radical (unpaired) electrons. The number of carbonyl (C=O) groups excluding carboxylic acids is 2. The fourth-order valence-electron chi connectivity index (χ4n) is 4.31. The second-order valence-corrected chi connectivity index (χ2v) is 17.7. The van der Waals surface area contributed by atoms with E-state index in [2.05, 4.69) is 35.3 Å². The summed E-state index contributed by atoms with van der Waals surface area (Å²) >= 11 is 8.89. The predicted octanol–water partition coefficient (Wildman–Crippen LogP) is 2.05. The number of carboxylic acids is 2. The molecule has 0 aliphatic carbocycles. The Labute approximate surface area is 349 Å². The van der Waals surface area contributed by atoms with Crippen LogP contribution >= 0.6 is 53.6 Å². The van der Waals surface area contributed by atoms with Gasteiger partial charge in [-0.15, -0.1) is 23.1 Å². The molecule has 5 rings (SSSR count). The van der Waals surface area contributed by atoms with E-state index < -0.39 is 70.0 Å². The first-order valence-corrected chi connectivity index (χ1v) is 22.4. The number of anilines is 1. The maximum Gasteiger partial charge on any atom is 0.347 e. The number of hydrogen-bond donors (Lipinski definition) is 7. The Morgan fingerprint density at radius 3 is 2.39 bits per heavy atom. The van der Waals surface area contributed by atoms with Gasteiger partial charge in [-0.2, -0.15) is 15.0 Å². The Hall–Kier alpha value is -4.80. The van der Waals surface area contributed by atoms with Crippen LogP contribution in [0.5, 0.6) is 6.01 Å². The predicted molar refractivity (Wildman–Crippen MR) is 209 cm³/mol. The number of carbonyl (C=O) groups is 4. The zero-order valence-corrected chi connectivity index (χ0v) is 35.6. The standard InChI is InChI=1S/C15H15ClFN3O3S2.C11H11N5O6S2.C3H8NO5P/c1-23-13(21)8-24-12-7-11(10(17)6-9(12)16)18-14-19-4-2-3-5-20(19)15(22)25-14;1-5-12-9(15-11(13-5)22-2)14-10(19)16-24(20,21)6-3-4-23-7(6)8(17)18;5-3(6)1-4-2-10(7,8)9/h6-7H,2-5,8H2,1H3;3-4H,1-2H3,(H,17,18)(H2,12,13,14,15,16,19);4H,1-2H2,(H,5,6)(H2,7,8,9)/b18-14-;;. The summed E-state index contributed by atoms with van der Waals surface area (Å²) in [7, 11) is -5.86. The van der Waals surface area contributed by atoms with Crippen LogP contribution in [0, 0.1) is 12.7 Å². The van der Waals surface area contributed by atoms with Crippen molar-refractivity contribution in [3.05, 3.63) is 59.6 Å². The highest BCUT2D eigenvalue weighted by Gasteiger charge is 2.26. The fourth-order valence-corrected chi connectivity index (χ4v) is 8.87. The number of methoxy groups -OCH3 is 2. The number of urea groups is 1. The Bertz CT molecular complexity index is 2470. The molecule has 3 aromatic heterocycles. The number of aromatic carboxylic acids is 1. The molecule has 2 amide bonds. The van der Waals surface area contributed by atoms with Crippen LogP contribution in [0.2, 0.25) is 5.02 Å². The molecule has 4 aromatic rings. The van der Waals surface area contributed by atoms with Crippen LogP contribution in [-0.2, 0) is 42.0 Å². The Balaban J connectivity index is 0.000000258. The van der Waals surface area contributed by atoms with Gasteiger partial charge in [0.1, 0.15) is 27.1 Å². The van der Waals surface area contributed by atoms with Gasteiger partial charge in [-0.3, -0.25) is 34.3 Å². The molecule has 1 aromatic carbocycles. The van der Waals surface area contributed by atoms with Crippen molar-refractivity contribution in [1.29, 1.82) is 0 Å². The average molecular weight is 946 g/mol. The second kappa shape index (κ2) is 22.0. The van der Waals surface area contributed by atoms with Gasteiger partial charge >= 0.3 is 42.4 Å². The molecule has 0 saturated carbocycles. The van der Waals surface area contributed by atoms with E-state index in [1.54, 1.807) is 14.1 Å². The van der Waals surface area contributed by atoms with Crippen molar-refractivity contribution < 1.29 is 66.0 Å². The number of rotatable bonds is 13. The van der Waals surface area contributed by atoms with E-state index >= 15 is 0 Å². The lowest BCUT2D eigenvalue weighted by atomic mass is 10.3. The molecule has 0 atom stereocenters. The number of hydrogen-bond acceptors (Lipinski definition) is 18. The molecule has 322 valence electrons. The highest BCUT2D eigenvalue weighted by atomic mass is 35.5. The molecule has 59 heavy (non-hydrogen) atoms. The zero-order chi connectivity index (χ0) is 44.1. The number of thioether (sulfide) groups is 1. The summed E-state index contributed by atoms with van der Waals surface area (Å²) in [6, 6.07) is 2.50. The number of amides is 2. The Kier molecular flexibility index (Phi) is 18.1. The third kappa shape index (κ3) is 15.4. The maximum absolute atomic E-state index is 14.3. The summed E-state index contributed by atoms with van der Waals surface area (Å²) < 4.78 is 63.0. The topological polar surface area (TPSA) is 333 Å². The maximum atomic E-state index is 14.3. The van der Waals surface area contributed by atoms with E-state index in [9.17, 15) is 41.3 Å². The number of benzene rings is 1. The minimum absolute atomic E-state index is 0.0605. The first kappa shape index (κ1) is 48.6. The highest BCUT2D eigenvalue weighted by Crippen LogP contribution is 2.33. The van der Waals surface area contributed by atoms with Crippen LogP contribution in [0.4, 0.5) is 20.8 Å². The van der Waals surface area contributed by atoms with Gasteiger partial charge in [0.2, 0.25) is 10.7 Å². The summed E-state index contributed by atoms with van der Waals surface area (Å²) in [6.45, 7) is 2.41. The number of nitrogens with one attached hydrogen (secondary N) is 3. The molecule has 30 heteroatoms. The van der Waals surface area contributed by atoms with Gasteiger partial charge in [-0.1, -0.05) is 11.6 Å². The van der Waals surface area contributed by atoms with Crippen molar-refractivity contribution in [3.63, 3.8) is 0 Å². The van der Waals surface area contributed by atoms with Gasteiger partial charge in [-0.25, -0.2) is 36.8 Å². The van der Waals surface area contributed by atoms with Crippen molar-refractivity contribution in [2.75, 3.05) is 38.1 Å². The third-order valence-corrected chi connectivity index (χ3v) is 12.1. The normalized spacial score (nSPS) is 12.5. The van der Waals surface area contributed by atoms with Crippen molar-refractivity contribution in [2.45, 2.75) is 42.6 Å².